The first-order valence-corrected chi connectivity index (χ1v) is 7.18. The van der Waals surface area contributed by atoms with Gasteiger partial charge in [0.15, 0.2) is 0 Å². The summed E-state index contributed by atoms with van der Waals surface area (Å²) >= 11 is 12.8. The van der Waals surface area contributed by atoms with Crippen LogP contribution in [0.2, 0.25) is 0 Å². The molecule has 0 saturated carbocycles. The number of imide groups is 1. The fourth-order valence-electron chi connectivity index (χ4n) is 1.71. The maximum Gasteiger partial charge on any atom is 0.324 e. The molecule has 1 saturated heterocycles. The third kappa shape index (κ3) is 3.55. The summed E-state index contributed by atoms with van der Waals surface area (Å²) in [4.78, 5) is 35.3. The van der Waals surface area contributed by atoms with E-state index in [1.165, 1.54) is 16.7 Å². The van der Waals surface area contributed by atoms with Crippen LogP contribution in [0.4, 0.5) is 4.79 Å². The van der Waals surface area contributed by atoms with E-state index in [-0.39, 0.29) is 36.7 Å². The normalized spacial score (nSPS) is 23.1. The molecule has 2 aliphatic heterocycles. The third-order valence-electron chi connectivity index (χ3n) is 2.67. The molecule has 0 spiro atoms. The number of carbonyl (C=O) groups is 3. The third-order valence-corrected chi connectivity index (χ3v) is 4.83. The number of amides is 4. The standard InChI is InChI=1S/C10H11Cl2N3O3S/c11-5-3-6(19-8(5)12)9(17)13-1-2-15-4-7(16)14-10(15)18/h6H,1-4H2,(H,13,17)(H,14,16,18). The molecular weight excluding hydrogens is 313 g/mol. The van der Waals surface area contributed by atoms with Crippen LogP contribution in [0.25, 0.3) is 0 Å². The predicted molar refractivity (Wildman–Crippen MR) is 72.8 cm³/mol. The Morgan fingerprint density at radius 2 is 2.21 bits per heavy atom. The van der Waals surface area contributed by atoms with Gasteiger partial charge in [0.25, 0.3) is 0 Å². The number of allylic oxidation sites excluding steroid dienone is 1. The van der Waals surface area contributed by atoms with Gasteiger partial charge in [0.05, 0.1) is 9.61 Å². The lowest BCUT2D eigenvalue weighted by atomic mass is 10.3. The SMILES string of the molecule is O=C1CN(CCNC(=O)C2CC(Cl)=C(Cl)S2)C(=O)N1. The fraction of sp³-hybridized carbons (Fsp3) is 0.500. The van der Waals surface area contributed by atoms with Crippen molar-refractivity contribution in [2.24, 2.45) is 0 Å². The smallest absolute Gasteiger partial charge is 0.324 e. The van der Waals surface area contributed by atoms with Crippen LogP contribution in [0, 0.1) is 0 Å². The molecular formula is C10H11Cl2N3O3S. The van der Waals surface area contributed by atoms with Gasteiger partial charge in [-0.05, 0) is 0 Å². The largest absolute Gasteiger partial charge is 0.353 e. The Morgan fingerprint density at radius 3 is 2.74 bits per heavy atom. The molecule has 4 amide bonds. The summed E-state index contributed by atoms with van der Waals surface area (Å²) in [7, 11) is 0. The molecule has 0 radical (unpaired) electrons. The van der Waals surface area contributed by atoms with Gasteiger partial charge in [-0.3, -0.25) is 14.9 Å². The minimum absolute atomic E-state index is 0.0338. The van der Waals surface area contributed by atoms with Gasteiger partial charge in [-0.1, -0.05) is 35.0 Å². The molecule has 2 rings (SSSR count). The topological polar surface area (TPSA) is 78.5 Å². The van der Waals surface area contributed by atoms with Gasteiger partial charge in [-0.15, -0.1) is 0 Å². The molecule has 104 valence electrons. The average molecular weight is 324 g/mol. The van der Waals surface area contributed by atoms with E-state index in [9.17, 15) is 14.4 Å². The maximum atomic E-state index is 11.8. The summed E-state index contributed by atoms with van der Waals surface area (Å²) in [6, 6.07) is -0.428. The molecule has 0 aliphatic carbocycles. The summed E-state index contributed by atoms with van der Waals surface area (Å²) in [5, 5.41) is 5.02. The highest BCUT2D eigenvalue weighted by atomic mass is 35.5. The van der Waals surface area contributed by atoms with Gasteiger partial charge < -0.3 is 10.2 Å². The van der Waals surface area contributed by atoms with Crippen molar-refractivity contribution in [1.82, 2.24) is 15.5 Å². The molecule has 1 fully saturated rings. The van der Waals surface area contributed by atoms with E-state index in [0.29, 0.717) is 15.8 Å². The van der Waals surface area contributed by atoms with Crippen molar-refractivity contribution in [2.75, 3.05) is 19.6 Å². The Hall–Kier alpha value is -0.920. The van der Waals surface area contributed by atoms with Crippen molar-refractivity contribution < 1.29 is 14.4 Å². The molecule has 1 unspecified atom stereocenters. The molecule has 0 bridgehead atoms. The molecule has 9 heteroatoms. The van der Waals surface area contributed by atoms with Crippen LogP contribution >= 0.6 is 35.0 Å². The van der Waals surface area contributed by atoms with E-state index in [2.05, 4.69) is 10.6 Å². The van der Waals surface area contributed by atoms with E-state index in [0.717, 1.165) is 0 Å². The van der Waals surface area contributed by atoms with E-state index in [1.54, 1.807) is 0 Å². The van der Waals surface area contributed by atoms with Crippen molar-refractivity contribution >= 4 is 52.8 Å². The van der Waals surface area contributed by atoms with Crippen LogP contribution in [0.15, 0.2) is 9.40 Å². The highest BCUT2D eigenvalue weighted by Gasteiger charge is 2.30. The number of carbonyl (C=O) groups excluding carboxylic acids is 3. The highest BCUT2D eigenvalue weighted by Crippen LogP contribution is 2.41. The van der Waals surface area contributed by atoms with Crippen molar-refractivity contribution in [3.8, 4) is 0 Å². The van der Waals surface area contributed by atoms with Crippen molar-refractivity contribution in [1.29, 1.82) is 0 Å². The van der Waals surface area contributed by atoms with E-state index in [4.69, 9.17) is 23.2 Å². The molecule has 0 aromatic rings. The van der Waals surface area contributed by atoms with E-state index in [1.807, 2.05) is 0 Å². The first-order valence-electron chi connectivity index (χ1n) is 5.54. The molecule has 2 aliphatic rings. The van der Waals surface area contributed by atoms with Crippen LogP contribution in [-0.2, 0) is 9.59 Å². The quantitative estimate of drug-likeness (QED) is 0.750. The Labute approximate surface area is 123 Å². The molecule has 0 aromatic carbocycles. The van der Waals surface area contributed by atoms with Gasteiger partial charge in [0.2, 0.25) is 11.8 Å². The Balaban J connectivity index is 1.71. The van der Waals surface area contributed by atoms with Crippen LogP contribution < -0.4 is 10.6 Å². The summed E-state index contributed by atoms with van der Waals surface area (Å²) in [5.41, 5.74) is 0. The zero-order chi connectivity index (χ0) is 14.0. The van der Waals surface area contributed by atoms with Crippen LogP contribution in [0.5, 0.6) is 0 Å². The summed E-state index contributed by atoms with van der Waals surface area (Å²) in [6.45, 7) is 0.605. The second kappa shape index (κ2) is 6.02. The van der Waals surface area contributed by atoms with Crippen LogP contribution in [-0.4, -0.2) is 47.6 Å². The van der Waals surface area contributed by atoms with Gasteiger partial charge >= 0.3 is 6.03 Å². The predicted octanol–water partition coefficient (Wildman–Crippen LogP) is 0.807. The van der Waals surface area contributed by atoms with Crippen molar-refractivity contribution in [2.45, 2.75) is 11.7 Å². The number of thioether (sulfide) groups is 1. The number of nitrogens with one attached hydrogen (secondary N) is 2. The Kier molecular flexibility index (Phi) is 4.59. The van der Waals surface area contributed by atoms with Gasteiger partial charge in [-0.25, -0.2) is 4.79 Å². The molecule has 0 aromatic heterocycles. The molecule has 2 N–H and O–H groups in total. The van der Waals surface area contributed by atoms with Crippen molar-refractivity contribution in [3.63, 3.8) is 0 Å². The minimum Gasteiger partial charge on any atom is -0.353 e. The first-order chi connectivity index (χ1) is 8.97. The maximum absolute atomic E-state index is 11.8. The first kappa shape index (κ1) is 14.5. The lowest BCUT2D eigenvalue weighted by molar-refractivity contribution is -0.120. The van der Waals surface area contributed by atoms with Crippen molar-refractivity contribution in [3.05, 3.63) is 9.40 Å². The van der Waals surface area contributed by atoms with Gasteiger partial charge in [-0.2, -0.15) is 0 Å². The molecule has 19 heavy (non-hydrogen) atoms. The molecule has 1 atom stereocenters. The monoisotopic (exact) mass is 323 g/mol. The van der Waals surface area contributed by atoms with E-state index >= 15 is 0 Å². The number of urea groups is 1. The summed E-state index contributed by atoms with van der Waals surface area (Å²) in [5.74, 6) is -0.504. The number of rotatable bonds is 4. The number of halogens is 2. The number of nitrogens with zero attached hydrogens (tertiary/aromatic N) is 1. The second-order valence-electron chi connectivity index (χ2n) is 4.06. The zero-order valence-electron chi connectivity index (χ0n) is 9.74. The van der Waals surface area contributed by atoms with E-state index < -0.39 is 6.03 Å². The lowest BCUT2D eigenvalue weighted by Crippen LogP contribution is -2.39. The van der Waals surface area contributed by atoms with Gasteiger partial charge in [0.1, 0.15) is 6.54 Å². The fourth-order valence-corrected chi connectivity index (χ4v) is 3.39. The lowest BCUT2D eigenvalue weighted by Gasteiger charge is -2.15. The Bertz CT molecular complexity index is 455. The summed E-state index contributed by atoms with van der Waals surface area (Å²) in [6.07, 6.45) is 0.416. The second-order valence-corrected chi connectivity index (χ2v) is 6.33. The zero-order valence-corrected chi connectivity index (χ0v) is 12.1. The summed E-state index contributed by atoms with van der Waals surface area (Å²) < 4.78 is 0.450. The van der Waals surface area contributed by atoms with Gasteiger partial charge in [0, 0.05) is 24.5 Å². The molecule has 2 heterocycles. The Morgan fingerprint density at radius 1 is 1.47 bits per heavy atom. The number of hydrogen-bond donors (Lipinski definition) is 2. The van der Waals surface area contributed by atoms with Crippen LogP contribution in [0.3, 0.4) is 0 Å². The minimum atomic E-state index is -0.428. The highest BCUT2D eigenvalue weighted by molar-refractivity contribution is 8.06. The number of hydrogen-bond acceptors (Lipinski definition) is 4. The average Bonchev–Trinajstić information content (AvgIpc) is 2.83. The van der Waals surface area contributed by atoms with Crippen LogP contribution in [0.1, 0.15) is 6.42 Å². The molecule has 6 nitrogen and oxygen atoms in total.